The van der Waals surface area contributed by atoms with Gasteiger partial charge in [0.25, 0.3) is 0 Å². The molecular formula is C36H72N2O3. The molecule has 0 fully saturated rings. The standard InChI is InChI=1S/C36H72N2O3/c1-9-17-21-31(13-5)25-37(26-32(14-6)22-18-10-2)35(39)29-41-30-36(40)38(27-33(15-7)23-19-11-3)28-34(16-8)24-20-12-4/h31-34H,9-30H2,1-8H3/t31-,32+,33-,34+. The molecule has 5 nitrogen and oxygen atoms in total. The fourth-order valence-corrected chi connectivity index (χ4v) is 5.88. The van der Waals surface area contributed by atoms with Crippen molar-refractivity contribution in [1.82, 2.24) is 9.80 Å². The quantitative estimate of drug-likeness (QED) is 0.0926. The zero-order valence-corrected chi connectivity index (χ0v) is 29.0. The number of nitrogens with zero attached hydrogens (tertiary/aromatic N) is 2. The van der Waals surface area contributed by atoms with E-state index in [0.29, 0.717) is 23.7 Å². The average molecular weight is 581 g/mol. The van der Waals surface area contributed by atoms with Gasteiger partial charge in [0.15, 0.2) is 0 Å². The lowest BCUT2D eigenvalue weighted by molar-refractivity contribution is -0.143. The summed E-state index contributed by atoms with van der Waals surface area (Å²) < 4.78 is 5.92. The summed E-state index contributed by atoms with van der Waals surface area (Å²) >= 11 is 0. The van der Waals surface area contributed by atoms with Gasteiger partial charge in [0, 0.05) is 26.2 Å². The van der Waals surface area contributed by atoms with Gasteiger partial charge in [-0.15, -0.1) is 0 Å². The molecule has 0 aliphatic rings. The van der Waals surface area contributed by atoms with Crippen LogP contribution in [0.25, 0.3) is 0 Å². The molecule has 0 N–H and O–H groups in total. The van der Waals surface area contributed by atoms with E-state index in [0.717, 1.165) is 51.9 Å². The maximum absolute atomic E-state index is 13.5. The Hall–Kier alpha value is -1.10. The Kier molecular flexibility index (Phi) is 25.8. The number of hydrogen-bond acceptors (Lipinski definition) is 3. The maximum Gasteiger partial charge on any atom is 0.248 e. The molecule has 41 heavy (non-hydrogen) atoms. The molecule has 0 bridgehead atoms. The Morgan fingerprint density at radius 1 is 0.463 bits per heavy atom. The molecule has 0 unspecified atom stereocenters. The second-order valence-corrected chi connectivity index (χ2v) is 12.8. The first-order chi connectivity index (χ1) is 19.8. The summed E-state index contributed by atoms with van der Waals surface area (Å²) in [6.07, 6.45) is 18.7. The van der Waals surface area contributed by atoms with Crippen LogP contribution in [0.5, 0.6) is 0 Å². The minimum absolute atomic E-state index is 0.00802. The third kappa shape index (κ3) is 18.9. The fraction of sp³-hybridized carbons (Fsp3) is 0.944. The topological polar surface area (TPSA) is 49.9 Å². The molecule has 4 atom stereocenters. The van der Waals surface area contributed by atoms with Gasteiger partial charge in [0.05, 0.1) is 0 Å². The third-order valence-corrected chi connectivity index (χ3v) is 9.24. The lowest BCUT2D eigenvalue weighted by Crippen LogP contribution is -2.43. The Labute approximate surface area is 256 Å². The van der Waals surface area contributed by atoms with E-state index in [2.05, 4.69) is 65.2 Å². The SMILES string of the molecule is CCCC[C@@H](CC)CN(C[C@@H](CC)CCCC)C(=O)COCC(=O)N(C[C@H](CC)CCCC)C[C@@H](CC)CCCC. The maximum atomic E-state index is 13.5. The zero-order valence-electron chi connectivity index (χ0n) is 29.0. The van der Waals surface area contributed by atoms with Crippen molar-refractivity contribution < 1.29 is 14.3 Å². The van der Waals surface area contributed by atoms with Crippen molar-refractivity contribution in [3.8, 4) is 0 Å². The normalized spacial score (nSPS) is 14.4. The average Bonchev–Trinajstić information content (AvgIpc) is 2.99. The molecule has 0 aromatic rings. The third-order valence-electron chi connectivity index (χ3n) is 9.24. The van der Waals surface area contributed by atoms with Gasteiger partial charge < -0.3 is 14.5 Å². The highest BCUT2D eigenvalue weighted by Gasteiger charge is 2.24. The molecule has 0 saturated heterocycles. The van der Waals surface area contributed by atoms with Gasteiger partial charge >= 0.3 is 0 Å². The number of hydrogen-bond donors (Lipinski definition) is 0. The van der Waals surface area contributed by atoms with E-state index in [-0.39, 0.29) is 25.0 Å². The summed E-state index contributed by atoms with van der Waals surface area (Å²) in [7, 11) is 0. The molecule has 0 aliphatic heterocycles. The number of amides is 2. The van der Waals surface area contributed by atoms with Crippen LogP contribution in [0.15, 0.2) is 0 Å². The highest BCUT2D eigenvalue weighted by Crippen LogP contribution is 2.21. The molecule has 0 saturated carbocycles. The summed E-state index contributed by atoms with van der Waals surface area (Å²) in [6.45, 7) is 21.2. The van der Waals surface area contributed by atoms with Crippen molar-refractivity contribution in [2.75, 3.05) is 39.4 Å². The smallest absolute Gasteiger partial charge is 0.248 e. The predicted molar refractivity (Wildman–Crippen MR) is 177 cm³/mol. The van der Waals surface area contributed by atoms with Crippen molar-refractivity contribution in [2.24, 2.45) is 23.7 Å². The Morgan fingerprint density at radius 2 is 0.707 bits per heavy atom. The highest BCUT2D eigenvalue weighted by molar-refractivity contribution is 5.79. The van der Waals surface area contributed by atoms with Crippen molar-refractivity contribution in [2.45, 2.75) is 158 Å². The van der Waals surface area contributed by atoms with E-state index in [1.54, 1.807) is 0 Å². The Morgan fingerprint density at radius 3 is 0.902 bits per heavy atom. The lowest BCUT2D eigenvalue weighted by Gasteiger charge is -2.32. The van der Waals surface area contributed by atoms with Crippen LogP contribution in [0.2, 0.25) is 0 Å². The highest BCUT2D eigenvalue weighted by atomic mass is 16.5. The summed E-state index contributed by atoms with van der Waals surface area (Å²) in [5, 5.41) is 0. The molecule has 0 aromatic carbocycles. The van der Waals surface area contributed by atoms with Crippen molar-refractivity contribution in [3.63, 3.8) is 0 Å². The molecule has 0 heterocycles. The van der Waals surface area contributed by atoms with Crippen molar-refractivity contribution in [3.05, 3.63) is 0 Å². The monoisotopic (exact) mass is 581 g/mol. The van der Waals surface area contributed by atoms with Crippen LogP contribution in [0.1, 0.15) is 158 Å². The first-order valence-electron chi connectivity index (χ1n) is 18.0. The molecular weight excluding hydrogens is 508 g/mol. The van der Waals surface area contributed by atoms with Gasteiger partial charge in [0.1, 0.15) is 13.2 Å². The van der Waals surface area contributed by atoms with Gasteiger partial charge in [-0.25, -0.2) is 0 Å². The first kappa shape index (κ1) is 39.9. The zero-order chi connectivity index (χ0) is 30.9. The first-order valence-corrected chi connectivity index (χ1v) is 18.0. The fourth-order valence-electron chi connectivity index (χ4n) is 5.88. The predicted octanol–water partition coefficient (Wildman–Crippen LogP) is 9.53. The summed E-state index contributed by atoms with van der Waals surface area (Å²) in [5.41, 5.74) is 0. The van der Waals surface area contributed by atoms with Crippen LogP contribution in [0.3, 0.4) is 0 Å². The number of ether oxygens (including phenoxy) is 1. The molecule has 0 radical (unpaired) electrons. The molecule has 0 aliphatic carbocycles. The van der Waals surface area contributed by atoms with Crippen LogP contribution in [0.4, 0.5) is 0 Å². The molecule has 0 rings (SSSR count). The van der Waals surface area contributed by atoms with Gasteiger partial charge in [-0.05, 0) is 49.4 Å². The van der Waals surface area contributed by atoms with Crippen molar-refractivity contribution in [1.29, 1.82) is 0 Å². The second-order valence-electron chi connectivity index (χ2n) is 12.8. The summed E-state index contributed by atoms with van der Waals surface area (Å²) in [6, 6.07) is 0. The minimum atomic E-state index is 0.00802. The van der Waals surface area contributed by atoms with Crippen LogP contribution in [0, 0.1) is 23.7 Å². The largest absolute Gasteiger partial charge is 0.362 e. The van der Waals surface area contributed by atoms with Gasteiger partial charge in [0.2, 0.25) is 11.8 Å². The Balaban J connectivity index is 5.42. The summed E-state index contributed by atoms with van der Waals surface area (Å²) in [5.74, 6) is 2.23. The molecule has 2 amide bonds. The van der Waals surface area contributed by atoms with E-state index in [9.17, 15) is 9.59 Å². The molecule has 0 spiro atoms. The molecule has 244 valence electrons. The van der Waals surface area contributed by atoms with Crippen LogP contribution < -0.4 is 0 Å². The number of rotatable bonds is 28. The van der Waals surface area contributed by atoms with Crippen LogP contribution >= 0.6 is 0 Å². The van der Waals surface area contributed by atoms with Crippen LogP contribution in [-0.2, 0) is 14.3 Å². The lowest BCUT2D eigenvalue weighted by atomic mass is 9.95. The van der Waals surface area contributed by atoms with Gasteiger partial charge in [-0.1, -0.05) is 132 Å². The molecule has 5 heteroatoms. The van der Waals surface area contributed by atoms with E-state index >= 15 is 0 Å². The van der Waals surface area contributed by atoms with E-state index in [1.165, 1.54) is 77.0 Å². The Bertz CT molecular complexity index is 538. The van der Waals surface area contributed by atoms with Crippen LogP contribution in [-0.4, -0.2) is 61.0 Å². The molecule has 0 aromatic heterocycles. The van der Waals surface area contributed by atoms with E-state index < -0.39 is 0 Å². The van der Waals surface area contributed by atoms with E-state index in [4.69, 9.17) is 4.74 Å². The second kappa shape index (κ2) is 26.5. The van der Waals surface area contributed by atoms with Crippen molar-refractivity contribution >= 4 is 11.8 Å². The number of carbonyl (C=O) groups is 2. The number of carbonyl (C=O) groups excluding carboxylic acids is 2. The van der Waals surface area contributed by atoms with Gasteiger partial charge in [-0.3, -0.25) is 9.59 Å². The minimum Gasteiger partial charge on any atom is -0.362 e. The van der Waals surface area contributed by atoms with E-state index in [1.807, 2.05) is 0 Å². The van der Waals surface area contributed by atoms with Gasteiger partial charge in [-0.2, -0.15) is 0 Å². The summed E-state index contributed by atoms with van der Waals surface area (Å²) in [4.78, 5) is 31.2. The number of unbranched alkanes of at least 4 members (excludes halogenated alkanes) is 4.